The molecule has 3 rings (SSSR count). The van der Waals surface area contributed by atoms with Crippen molar-refractivity contribution in [1.29, 1.82) is 0 Å². The van der Waals surface area contributed by atoms with Crippen molar-refractivity contribution >= 4 is 23.4 Å². The molecule has 0 radical (unpaired) electrons. The zero-order valence-electron chi connectivity index (χ0n) is 16.6. The van der Waals surface area contributed by atoms with Gasteiger partial charge in [0.15, 0.2) is 11.0 Å². The van der Waals surface area contributed by atoms with E-state index < -0.39 is 0 Å². The Bertz CT molecular complexity index is 969. The third kappa shape index (κ3) is 5.80. The molecule has 3 aromatic rings. The Morgan fingerprint density at radius 3 is 2.48 bits per heavy atom. The summed E-state index contributed by atoms with van der Waals surface area (Å²) < 4.78 is 20.5. The van der Waals surface area contributed by atoms with E-state index in [1.54, 1.807) is 12.1 Å². The number of nitrogens with zero attached hydrogens (tertiary/aromatic N) is 3. The molecule has 1 heterocycles. The highest BCUT2D eigenvalue weighted by atomic mass is 32.2. The van der Waals surface area contributed by atoms with Gasteiger partial charge in [-0.05, 0) is 68.3 Å². The van der Waals surface area contributed by atoms with Crippen LogP contribution < -0.4 is 10.1 Å². The van der Waals surface area contributed by atoms with Crippen molar-refractivity contribution in [2.75, 3.05) is 11.1 Å². The number of hydrogen-bond donors (Lipinski definition) is 1. The van der Waals surface area contributed by atoms with Crippen LogP contribution in [-0.2, 0) is 17.9 Å². The SMILES string of the molecule is CCn1c(COc2ccc(F)cc2)nnc1SCC(=O)Nc1cc(C)cc(C)c1. The number of carbonyl (C=O) groups is 1. The van der Waals surface area contributed by atoms with E-state index in [-0.39, 0.29) is 24.1 Å². The number of carbonyl (C=O) groups excluding carboxylic acids is 1. The van der Waals surface area contributed by atoms with Gasteiger partial charge < -0.3 is 14.6 Å². The minimum Gasteiger partial charge on any atom is -0.486 e. The summed E-state index contributed by atoms with van der Waals surface area (Å²) in [5.74, 6) is 1.01. The van der Waals surface area contributed by atoms with Crippen LogP contribution in [0.1, 0.15) is 23.9 Å². The number of nitrogens with one attached hydrogen (secondary N) is 1. The molecule has 0 spiro atoms. The molecule has 0 saturated heterocycles. The number of aryl methyl sites for hydroxylation is 2. The Morgan fingerprint density at radius 2 is 1.83 bits per heavy atom. The Hall–Kier alpha value is -2.87. The lowest BCUT2D eigenvalue weighted by atomic mass is 10.1. The van der Waals surface area contributed by atoms with Crippen LogP contribution in [0.15, 0.2) is 47.6 Å². The number of hydrogen-bond acceptors (Lipinski definition) is 5. The van der Waals surface area contributed by atoms with E-state index in [2.05, 4.69) is 21.6 Å². The Labute approximate surface area is 173 Å². The molecule has 1 amide bonds. The molecule has 1 aromatic heterocycles. The number of thioether (sulfide) groups is 1. The van der Waals surface area contributed by atoms with Gasteiger partial charge in [0.25, 0.3) is 0 Å². The van der Waals surface area contributed by atoms with Gasteiger partial charge >= 0.3 is 0 Å². The Balaban J connectivity index is 1.58. The molecule has 0 aliphatic carbocycles. The van der Waals surface area contributed by atoms with Crippen LogP contribution in [0.2, 0.25) is 0 Å². The highest BCUT2D eigenvalue weighted by Crippen LogP contribution is 2.20. The molecule has 0 saturated carbocycles. The normalized spacial score (nSPS) is 10.8. The highest BCUT2D eigenvalue weighted by molar-refractivity contribution is 7.99. The summed E-state index contributed by atoms with van der Waals surface area (Å²) >= 11 is 1.32. The van der Waals surface area contributed by atoms with Crippen LogP contribution in [0, 0.1) is 19.7 Å². The van der Waals surface area contributed by atoms with Crippen molar-refractivity contribution in [1.82, 2.24) is 14.8 Å². The van der Waals surface area contributed by atoms with E-state index in [9.17, 15) is 9.18 Å². The predicted molar refractivity (Wildman–Crippen MR) is 112 cm³/mol. The van der Waals surface area contributed by atoms with Crippen molar-refractivity contribution in [2.24, 2.45) is 0 Å². The van der Waals surface area contributed by atoms with Crippen LogP contribution in [0.3, 0.4) is 0 Å². The largest absolute Gasteiger partial charge is 0.486 e. The number of amides is 1. The number of ether oxygens (including phenoxy) is 1. The first-order valence-corrected chi connectivity index (χ1v) is 10.2. The number of rotatable bonds is 8. The van der Waals surface area contributed by atoms with Crippen LogP contribution >= 0.6 is 11.8 Å². The fourth-order valence-electron chi connectivity index (χ4n) is 2.90. The van der Waals surface area contributed by atoms with Gasteiger partial charge in [-0.1, -0.05) is 17.8 Å². The number of benzene rings is 2. The summed E-state index contributed by atoms with van der Waals surface area (Å²) in [7, 11) is 0. The van der Waals surface area contributed by atoms with E-state index in [1.807, 2.05) is 37.5 Å². The van der Waals surface area contributed by atoms with Crippen molar-refractivity contribution in [2.45, 2.75) is 39.1 Å². The molecular weight excluding hydrogens is 391 g/mol. The predicted octanol–water partition coefficient (Wildman–Crippen LogP) is 4.36. The monoisotopic (exact) mass is 414 g/mol. The topological polar surface area (TPSA) is 69.0 Å². The lowest BCUT2D eigenvalue weighted by molar-refractivity contribution is -0.113. The van der Waals surface area contributed by atoms with Gasteiger partial charge in [0.05, 0.1) is 5.75 Å². The maximum absolute atomic E-state index is 13.0. The van der Waals surface area contributed by atoms with Crippen molar-refractivity contribution in [3.8, 4) is 5.75 Å². The number of halogens is 1. The summed E-state index contributed by atoms with van der Waals surface area (Å²) in [6.07, 6.45) is 0. The van der Waals surface area contributed by atoms with Gasteiger partial charge in [-0.2, -0.15) is 0 Å². The minimum atomic E-state index is -0.313. The van der Waals surface area contributed by atoms with Crippen LogP contribution in [0.5, 0.6) is 5.75 Å². The first-order valence-electron chi connectivity index (χ1n) is 9.26. The smallest absolute Gasteiger partial charge is 0.234 e. The summed E-state index contributed by atoms with van der Waals surface area (Å²) in [6.45, 7) is 6.83. The average molecular weight is 415 g/mol. The first kappa shape index (κ1) is 20.9. The zero-order chi connectivity index (χ0) is 20.8. The van der Waals surface area contributed by atoms with Crippen molar-refractivity contribution in [3.05, 3.63) is 65.2 Å². The molecular formula is C21H23FN4O2S. The third-order valence-electron chi connectivity index (χ3n) is 4.13. The lowest BCUT2D eigenvalue weighted by Crippen LogP contribution is -2.15. The van der Waals surface area contributed by atoms with E-state index in [4.69, 9.17) is 4.74 Å². The van der Waals surface area contributed by atoms with E-state index in [1.165, 1.54) is 23.9 Å². The standard InChI is InChI=1S/C21H23FN4O2S/c1-4-26-19(12-28-18-7-5-16(22)6-8-18)24-25-21(26)29-13-20(27)23-17-10-14(2)9-15(3)11-17/h5-11H,4,12-13H2,1-3H3,(H,23,27). The van der Waals surface area contributed by atoms with Crippen molar-refractivity contribution < 1.29 is 13.9 Å². The van der Waals surface area contributed by atoms with Gasteiger partial charge in [0.2, 0.25) is 5.91 Å². The minimum absolute atomic E-state index is 0.102. The molecule has 152 valence electrons. The Kier molecular flexibility index (Phi) is 6.87. The third-order valence-corrected chi connectivity index (χ3v) is 5.10. The molecule has 8 heteroatoms. The molecule has 0 fully saturated rings. The zero-order valence-corrected chi connectivity index (χ0v) is 17.4. The summed E-state index contributed by atoms with van der Waals surface area (Å²) in [5.41, 5.74) is 2.99. The second kappa shape index (κ2) is 9.56. The molecule has 0 aliphatic rings. The molecule has 0 aliphatic heterocycles. The van der Waals surface area contributed by atoms with Gasteiger partial charge in [-0.25, -0.2) is 4.39 Å². The molecule has 0 bridgehead atoms. The van der Waals surface area contributed by atoms with Gasteiger partial charge in [0.1, 0.15) is 18.2 Å². The first-order chi connectivity index (χ1) is 13.9. The van der Waals surface area contributed by atoms with Crippen molar-refractivity contribution in [3.63, 3.8) is 0 Å². The fraction of sp³-hybridized carbons (Fsp3) is 0.286. The van der Waals surface area contributed by atoms with Gasteiger partial charge in [0, 0.05) is 12.2 Å². The second-order valence-corrected chi connectivity index (χ2v) is 7.54. The van der Waals surface area contributed by atoms with Gasteiger partial charge in [-0.15, -0.1) is 10.2 Å². The van der Waals surface area contributed by atoms with E-state index in [0.29, 0.717) is 23.3 Å². The quantitative estimate of drug-likeness (QED) is 0.555. The molecule has 1 N–H and O–H groups in total. The maximum Gasteiger partial charge on any atom is 0.234 e. The Morgan fingerprint density at radius 1 is 1.14 bits per heavy atom. The molecule has 6 nitrogen and oxygen atoms in total. The molecule has 0 unspecified atom stereocenters. The van der Waals surface area contributed by atoms with E-state index in [0.717, 1.165) is 16.8 Å². The van der Waals surface area contributed by atoms with Crippen LogP contribution in [0.4, 0.5) is 10.1 Å². The van der Waals surface area contributed by atoms with E-state index >= 15 is 0 Å². The fourth-order valence-corrected chi connectivity index (χ4v) is 3.72. The summed E-state index contributed by atoms with van der Waals surface area (Å²) in [6, 6.07) is 11.8. The molecule has 2 aromatic carbocycles. The number of anilines is 1. The highest BCUT2D eigenvalue weighted by Gasteiger charge is 2.14. The summed E-state index contributed by atoms with van der Waals surface area (Å²) in [5, 5.41) is 11.9. The maximum atomic E-state index is 13.0. The molecule has 0 atom stereocenters. The van der Waals surface area contributed by atoms with Gasteiger partial charge in [-0.3, -0.25) is 4.79 Å². The lowest BCUT2D eigenvalue weighted by Gasteiger charge is -2.09. The van der Waals surface area contributed by atoms with Crippen LogP contribution in [-0.4, -0.2) is 26.4 Å². The molecule has 29 heavy (non-hydrogen) atoms. The second-order valence-electron chi connectivity index (χ2n) is 6.60. The van der Waals surface area contributed by atoms with Crippen LogP contribution in [0.25, 0.3) is 0 Å². The summed E-state index contributed by atoms with van der Waals surface area (Å²) in [4.78, 5) is 12.3. The average Bonchev–Trinajstić information content (AvgIpc) is 3.07. The number of aromatic nitrogens is 3.